The van der Waals surface area contributed by atoms with E-state index in [4.69, 9.17) is 4.74 Å². The average Bonchev–Trinajstić information content (AvgIpc) is 2.63. The highest BCUT2D eigenvalue weighted by atomic mass is 31.1. The normalized spacial score (nSPS) is 19.5. The van der Waals surface area contributed by atoms with Crippen molar-refractivity contribution in [1.82, 2.24) is 0 Å². The monoisotopic (exact) mass is 406 g/mol. The maximum atomic E-state index is 9.75. The molecule has 0 radical (unpaired) electrons. The van der Waals surface area contributed by atoms with Gasteiger partial charge in [-0.3, -0.25) is 0 Å². The molecule has 0 atom stereocenters. The standard InChI is InChI=1S/C20H31OP.BF4/c1-2-21-17-10-9-15-20(16-17)22(18-11-5-3-6-12-18)19-13-7-4-8-14-19;2-1(3,4)5/h9-10,15-16,18-19H,2-8,11-14H2,1H3;/q;-1/p+1. The van der Waals surface area contributed by atoms with Gasteiger partial charge in [-0.1, -0.05) is 18.9 Å². The Morgan fingerprint density at radius 3 is 1.81 bits per heavy atom. The summed E-state index contributed by atoms with van der Waals surface area (Å²) in [6.07, 6.45) is 14.8. The largest absolute Gasteiger partial charge is 0.673 e. The number of benzene rings is 1. The second-order valence-corrected chi connectivity index (χ2v) is 10.7. The summed E-state index contributed by atoms with van der Waals surface area (Å²) < 4.78 is 44.8. The van der Waals surface area contributed by atoms with Crippen molar-refractivity contribution in [2.45, 2.75) is 82.4 Å². The zero-order valence-corrected chi connectivity index (χ0v) is 17.2. The topological polar surface area (TPSA) is 9.23 Å². The number of halogens is 4. The first kappa shape index (κ1) is 22.5. The lowest BCUT2D eigenvalue weighted by Crippen LogP contribution is -2.26. The summed E-state index contributed by atoms with van der Waals surface area (Å²) in [7, 11) is -6.44. The molecule has 0 saturated heterocycles. The van der Waals surface area contributed by atoms with Crippen LogP contribution in [0.4, 0.5) is 17.3 Å². The Morgan fingerprint density at radius 1 is 0.889 bits per heavy atom. The van der Waals surface area contributed by atoms with E-state index in [1.807, 2.05) is 0 Å². The van der Waals surface area contributed by atoms with Gasteiger partial charge in [-0.25, -0.2) is 0 Å². The predicted molar refractivity (Wildman–Crippen MR) is 109 cm³/mol. The van der Waals surface area contributed by atoms with Gasteiger partial charge in [0.1, 0.15) is 5.75 Å². The average molecular weight is 406 g/mol. The van der Waals surface area contributed by atoms with Crippen LogP contribution >= 0.6 is 7.92 Å². The quantitative estimate of drug-likeness (QED) is 0.294. The molecule has 2 aliphatic rings. The molecule has 1 aromatic carbocycles. The molecule has 2 fully saturated rings. The smallest absolute Gasteiger partial charge is 0.494 e. The van der Waals surface area contributed by atoms with Gasteiger partial charge in [0, 0.05) is 14.0 Å². The first-order chi connectivity index (χ1) is 12.9. The van der Waals surface area contributed by atoms with Crippen LogP contribution in [0.25, 0.3) is 0 Å². The molecule has 3 rings (SSSR count). The van der Waals surface area contributed by atoms with Gasteiger partial charge >= 0.3 is 7.25 Å². The van der Waals surface area contributed by atoms with E-state index in [0.29, 0.717) is 0 Å². The predicted octanol–water partition coefficient (Wildman–Crippen LogP) is 6.89. The first-order valence-corrected chi connectivity index (χ1v) is 12.0. The van der Waals surface area contributed by atoms with Crippen LogP contribution in [0, 0.1) is 0 Å². The van der Waals surface area contributed by atoms with Crippen molar-refractivity contribution in [2.75, 3.05) is 6.61 Å². The Bertz CT molecular complexity index is 519. The molecule has 1 nitrogen and oxygen atoms in total. The molecule has 0 spiro atoms. The summed E-state index contributed by atoms with van der Waals surface area (Å²) in [6.45, 7) is 2.86. The van der Waals surface area contributed by atoms with E-state index in [-0.39, 0.29) is 0 Å². The van der Waals surface area contributed by atoms with Crippen LogP contribution in [0.2, 0.25) is 0 Å². The molecule has 27 heavy (non-hydrogen) atoms. The number of rotatable bonds is 5. The van der Waals surface area contributed by atoms with Gasteiger partial charge in [0.15, 0.2) is 0 Å². The summed E-state index contributed by atoms with van der Waals surface area (Å²) in [6, 6.07) is 9.17. The Kier molecular flexibility index (Phi) is 9.42. The second kappa shape index (κ2) is 11.3. The van der Waals surface area contributed by atoms with Gasteiger partial charge in [-0.05, 0) is 70.4 Å². The molecule has 7 heteroatoms. The molecule has 154 valence electrons. The van der Waals surface area contributed by atoms with E-state index < -0.39 is 15.2 Å². The van der Waals surface area contributed by atoms with Crippen LogP contribution in [0.5, 0.6) is 5.75 Å². The molecule has 0 amide bonds. The fourth-order valence-electron chi connectivity index (χ4n) is 4.56. The van der Waals surface area contributed by atoms with E-state index in [0.717, 1.165) is 23.7 Å². The van der Waals surface area contributed by atoms with Gasteiger partial charge in [-0.2, -0.15) is 0 Å². The second-order valence-electron chi connectivity index (χ2n) is 7.58. The first-order valence-electron chi connectivity index (χ1n) is 10.4. The lowest BCUT2D eigenvalue weighted by Gasteiger charge is -2.32. The lowest BCUT2D eigenvalue weighted by molar-refractivity contribution is 0.340. The molecule has 0 unspecified atom stereocenters. The highest BCUT2D eigenvalue weighted by Gasteiger charge is 2.39. The number of ether oxygens (including phenoxy) is 1. The molecule has 2 aliphatic carbocycles. The molecule has 1 aromatic rings. The van der Waals surface area contributed by atoms with Crippen molar-refractivity contribution < 1.29 is 22.0 Å². The SMILES string of the molecule is CCOc1cccc([PH+](C2CCCCC2)C2CCCCC2)c1.F[B-](F)(F)F. The van der Waals surface area contributed by atoms with E-state index in [1.54, 1.807) is 5.30 Å². The zero-order valence-electron chi connectivity index (χ0n) is 16.2. The van der Waals surface area contributed by atoms with E-state index in [1.165, 1.54) is 64.2 Å². The molecule has 2 saturated carbocycles. The van der Waals surface area contributed by atoms with Gasteiger partial charge in [0.2, 0.25) is 0 Å². The Balaban J connectivity index is 0.000000465. The Labute approximate surface area is 162 Å². The van der Waals surface area contributed by atoms with E-state index in [2.05, 4.69) is 31.2 Å². The van der Waals surface area contributed by atoms with Crippen molar-refractivity contribution in [3.05, 3.63) is 24.3 Å². The molecular formula is C20H32BF4OP. The maximum Gasteiger partial charge on any atom is 0.673 e. The van der Waals surface area contributed by atoms with Crippen molar-refractivity contribution >= 4 is 20.5 Å². The molecule has 0 aliphatic heterocycles. The lowest BCUT2D eigenvalue weighted by atomic mass is 9.99. The van der Waals surface area contributed by atoms with Crippen molar-refractivity contribution in [3.63, 3.8) is 0 Å². The Morgan fingerprint density at radius 2 is 1.37 bits per heavy atom. The van der Waals surface area contributed by atoms with Crippen molar-refractivity contribution in [1.29, 1.82) is 0 Å². The highest BCUT2D eigenvalue weighted by Crippen LogP contribution is 2.55. The van der Waals surface area contributed by atoms with Gasteiger partial charge in [0.25, 0.3) is 0 Å². The molecule has 0 heterocycles. The number of hydrogen-bond acceptors (Lipinski definition) is 1. The van der Waals surface area contributed by atoms with Crippen LogP contribution < -0.4 is 10.0 Å². The molecule has 0 bridgehead atoms. The van der Waals surface area contributed by atoms with E-state index in [9.17, 15) is 17.3 Å². The number of hydrogen-bond donors (Lipinski definition) is 0. The fraction of sp³-hybridized carbons (Fsp3) is 0.700. The summed E-state index contributed by atoms with van der Waals surface area (Å²) in [5.41, 5.74) is 2.03. The van der Waals surface area contributed by atoms with Crippen LogP contribution in [0.3, 0.4) is 0 Å². The summed E-state index contributed by atoms with van der Waals surface area (Å²) in [5, 5.41) is 1.66. The zero-order chi connectivity index (χ0) is 19.7. The minimum atomic E-state index is -6.00. The third-order valence-electron chi connectivity index (χ3n) is 5.57. The van der Waals surface area contributed by atoms with Crippen LogP contribution in [0.1, 0.15) is 71.1 Å². The third kappa shape index (κ3) is 8.42. The minimum Gasteiger partial charge on any atom is -0.494 e. The molecule has 0 aromatic heterocycles. The third-order valence-corrected chi connectivity index (χ3v) is 9.46. The fourth-order valence-corrected chi connectivity index (χ4v) is 8.83. The molecular weight excluding hydrogens is 374 g/mol. The summed E-state index contributed by atoms with van der Waals surface area (Å²) in [5.74, 6) is 1.09. The minimum absolute atomic E-state index is 0.443. The Hall–Kier alpha value is -0.765. The van der Waals surface area contributed by atoms with Crippen molar-refractivity contribution in [2.24, 2.45) is 0 Å². The van der Waals surface area contributed by atoms with E-state index >= 15 is 0 Å². The summed E-state index contributed by atoms with van der Waals surface area (Å²) >= 11 is 0. The summed E-state index contributed by atoms with van der Waals surface area (Å²) in [4.78, 5) is 0. The van der Waals surface area contributed by atoms with Crippen LogP contribution in [0.15, 0.2) is 24.3 Å². The van der Waals surface area contributed by atoms with Gasteiger partial charge < -0.3 is 22.0 Å². The molecule has 0 N–H and O–H groups in total. The van der Waals surface area contributed by atoms with Crippen molar-refractivity contribution in [3.8, 4) is 5.75 Å². The van der Waals surface area contributed by atoms with Gasteiger partial charge in [0.05, 0.1) is 23.2 Å². The maximum absolute atomic E-state index is 9.75. The van der Waals surface area contributed by atoms with Crippen LogP contribution in [-0.4, -0.2) is 25.2 Å². The van der Waals surface area contributed by atoms with Gasteiger partial charge in [-0.15, -0.1) is 0 Å². The highest BCUT2D eigenvalue weighted by molar-refractivity contribution is 7.67. The van der Waals surface area contributed by atoms with Crippen LogP contribution in [-0.2, 0) is 0 Å².